The molecule has 7 rings (SSSR count). The van der Waals surface area contributed by atoms with Crippen molar-refractivity contribution in [2.24, 2.45) is 0 Å². The largest absolute Gasteiger partial charge is 0.453 e. The van der Waals surface area contributed by atoms with E-state index in [0.29, 0.717) is 32.1 Å². The van der Waals surface area contributed by atoms with Gasteiger partial charge in [-0.15, -0.1) is 0 Å². The van der Waals surface area contributed by atoms with Gasteiger partial charge in [0.15, 0.2) is 0 Å². The van der Waals surface area contributed by atoms with Crippen LogP contribution in [0, 0.1) is 0 Å². The lowest BCUT2D eigenvalue weighted by atomic mass is 10.0. The van der Waals surface area contributed by atoms with Crippen LogP contribution >= 0.6 is 0 Å². The number of aromatic amines is 2. The quantitative estimate of drug-likeness (QED) is 0.188. The van der Waals surface area contributed by atoms with E-state index in [9.17, 15) is 14.4 Å². The second kappa shape index (κ2) is 16.5. The van der Waals surface area contributed by atoms with Gasteiger partial charge in [-0.2, -0.15) is 0 Å². The summed E-state index contributed by atoms with van der Waals surface area (Å²) in [7, 11) is 1.27. The summed E-state index contributed by atoms with van der Waals surface area (Å²) in [5.41, 5.74) is 5.93. The normalized spacial score (nSPS) is 20.8. The van der Waals surface area contributed by atoms with E-state index in [0.717, 1.165) is 70.8 Å². The number of methoxy groups -OCH3 is 1. The number of aromatic nitrogens is 4. The highest BCUT2D eigenvalue weighted by Gasteiger charge is 2.38. The predicted octanol–water partition coefficient (Wildman–Crippen LogP) is 6.70. The third-order valence-corrected chi connectivity index (χ3v) is 10.0. The number of carbonyl (C=O) groups is 3. The molecule has 0 saturated carbocycles. The number of nitrogens with zero attached hydrogens (tertiary/aromatic N) is 4. The minimum Gasteiger partial charge on any atom is -0.453 e. The van der Waals surface area contributed by atoms with Crippen LogP contribution < -0.4 is 5.32 Å². The first-order chi connectivity index (χ1) is 26.6. The van der Waals surface area contributed by atoms with Gasteiger partial charge in [0.05, 0.1) is 68.9 Å². The zero-order chi connectivity index (χ0) is 38.5. The Balaban J connectivity index is 1.08. The molecule has 0 radical (unpaired) electrons. The fourth-order valence-corrected chi connectivity index (χ4v) is 7.35. The number of nitrogens with one attached hydrogen (secondary N) is 3. The van der Waals surface area contributed by atoms with Crippen molar-refractivity contribution >= 4 is 18.1 Å². The van der Waals surface area contributed by atoms with Gasteiger partial charge >= 0.3 is 12.2 Å². The van der Waals surface area contributed by atoms with E-state index >= 15 is 0 Å². The highest BCUT2D eigenvalue weighted by molar-refractivity contribution is 5.86. The van der Waals surface area contributed by atoms with Crippen molar-refractivity contribution in [3.63, 3.8) is 0 Å². The van der Waals surface area contributed by atoms with Crippen molar-refractivity contribution in [1.29, 1.82) is 0 Å². The highest BCUT2D eigenvalue weighted by Crippen LogP contribution is 2.36. The molecule has 5 heterocycles. The SMILES string of the molecule is COC(=O)N[C@H]1COCC=CCOCc2[nH]c(nc2-c2ccc(-c3ccc(-c4cnc([C@@H]5CCCN5C(=O)OC(C)(C)C)[nH]4)cc3)cc2)[C@@H]2CCCN2C1=O. The lowest BCUT2D eigenvalue weighted by Gasteiger charge is -2.28. The van der Waals surface area contributed by atoms with Crippen molar-refractivity contribution in [2.45, 2.75) is 76.8 Å². The van der Waals surface area contributed by atoms with Crippen LogP contribution in [-0.4, -0.2) is 99.5 Å². The molecule has 0 unspecified atom stereocenters. The monoisotopic (exact) mass is 751 g/mol. The molecule has 3 amide bonds. The van der Waals surface area contributed by atoms with Crippen LogP contribution in [-0.2, 0) is 30.3 Å². The second-order valence-corrected chi connectivity index (χ2v) is 15.0. The van der Waals surface area contributed by atoms with Crippen molar-refractivity contribution in [1.82, 2.24) is 35.1 Å². The Bertz CT molecular complexity index is 2000. The molecule has 3 atom stereocenters. The molecule has 2 fully saturated rings. The van der Waals surface area contributed by atoms with Crippen LogP contribution in [0.5, 0.6) is 0 Å². The smallest absolute Gasteiger partial charge is 0.410 e. The molecule has 55 heavy (non-hydrogen) atoms. The van der Waals surface area contributed by atoms with Crippen LogP contribution in [0.25, 0.3) is 33.6 Å². The fourth-order valence-electron chi connectivity index (χ4n) is 7.35. The van der Waals surface area contributed by atoms with Crippen molar-refractivity contribution in [2.75, 3.05) is 40.0 Å². The number of hydrogen-bond acceptors (Lipinski definition) is 9. The molecule has 4 aromatic rings. The summed E-state index contributed by atoms with van der Waals surface area (Å²) in [5.74, 6) is 1.19. The fraction of sp³-hybridized carbons (Fsp3) is 0.439. The molecule has 2 bridgehead atoms. The number of alkyl carbamates (subject to hydrolysis) is 1. The second-order valence-electron chi connectivity index (χ2n) is 15.0. The summed E-state index contributed by atoms with van der Waals surface area (Å²) in [6.07, 6.45) is 7.76. The third kappa shape index (κ3) is 8.76. The number of carbonyl (C=O) groups excluding carboxylic acids is 3. The Morgan fingerprint density at radius 1 is 0.855 bits per heavy atom. The summed E-state index contributed by atoms with van der Waals surface area (Å²) >= 11 is 0. The van der Waals surface area contributed by atoms with Gasteiger partial charge in [-0.05, 0) is 63.1 Å². The first kappa shape index (κ1) is 37.8. The van der Waals surface area contributed by atoms with E-state index in [1.54, 1.807) is 9.80 Å². The molecular weight excluding hydrogens is 702 g/mol. The number of ether oxygens (including phenoxy) is 4. The number of hydrogen-bond donors (Lipinski definition) is 3. The van der Waals surface area contributed by atoms with Gasteiger partial charge in [0, 0.05) is 18.7 Å². The lowest BCUT2D eigenvalue weighted by Crippen LogP contribution is -2.50. The van der Waals surface area contributed by atoms with E-state index in [-0.39, 0.29) is 37.3 Å². The van der Waals surface area contributed by atoms with Crippen LogP contribution in [0.3, 0.4) is 0 Å². The molecule has 0 aliphatic carbocycles. The summed E-state index contributed by atoms with van der Waals surface area (Å²) in [6, 6.07) is 15.2. The number of likely N-dealkylation sites (tertiary alicyclic amines) is 1. The average molecular weight is 752 g/mol. The molecule has 2 aromatic carbocycles. The lowest BCUT2D eigenvalue weighted by molar-refractivity contribution is -0.135. The summed E-state index contributed by atoms with van der Waals surface area (Å²) in [6.45, 7) is 7.76. The molecule has 14 nitrogen and oxygen atoms in total. The van der Waals surface area contributed by atoms with Crippen molar-refractivity contribution < 1.29 is 33.3 Å². The Labute approximate surface area is 320 Å². The zero-order valence-electron chi connectivity index (χ0n) is 31.8. The van der Waals surface area contributed by atoms with E-state index in [2.05, 4.69) is 68.8 Å². The predicted molar refractivity (Wildman–Crippen MR) is 205 cm³/mol. The van der Waals surface area contributed by atoms with Crippen molar-refractivity contribution in [3.05, 3.63) is 84.2 Å². The van der Waals surface area contributed by atoms with Crippen molar-refractivity contribution in [3.8, 4) is 33.6 Å². The maximum Gasteiger partial charge on any atom is 0.410 e. The van der Waals surface area contributed by atoms with Gasteiger partial charge in [-0.3, -0.25) is 9.69 Å². The first-order valence-corrected chi connectivity index (χ1v) is 18.9. The molecule has 3 aliphatic heterocycles. The van der Waals surface area contributed by atoms with E-state index in [1.165, 1.54) is 7.11 Å². The number of H-pyrrole nitrogens is 2. The van der Waals surface area contributed by atoms with Crippen LogP contribution in [0.15, 0.2) is 66.9 Å². The molecule has 290 valence electrons. The van der Waals surface area contributed by atoms with Gasteiger partial charge in [-0.25, -0.2) is 19.6 Å². The van der Waals surface area contributed by atoms with E-state index < -0.39 is 17.7 Å². The molecule has 3 aliphatic rings. The molecule has 3 N–H and O–H groups in total. The third-order valence-electron chi connectivity index (χ3n) is 10.0. The maximum absolute atomic E-state index is 13.8. The highest BCUT2D eigenvalue weighted by atomic mass is 16.6. The standard InChI is InChI=1S/C41H49N7O7/c1-41(2,3)55-40(51)48-20-8-9-33(48)36-42-23-30(43-36)28-15-11-26(12-16-28)27-13-17-29(18-14-27)35-31-24-53-21-5-6-22-54-25-32(45-39(50)52-4)38(49)47-19-7-10-34(47)37(44-31)46-35/h5-6,11-18,23,32-34H,7-10,19-22,24-25H2,1-4H3,(H,42,43)(H,44,46)(H,45,50)/t32-,33-,34-/m0/s1. The number of benzene rings is 2. The van der Waals surface area contributed by atoms with E-state index in [4.69, 9.17) is 23.9 Å². The Kier molecular flexibility index (Phi) is 11.3. The Morgan fingerprint density at radius 2 is 1.51 bits per heavy atom. The molecule has 14 heteroatoms. The number of imidazole rings is 2. The Morgan fingerprint density at radius 3 is 2.22 bits per heavy atom. The van der Waals surface area contributed by atoms with Gasteiger partial charge in [0.25, 0.3) is 0 Å². The Hall–Kier alpha value is -5.47. The summed E-state index contributed by atoms with van der Waals surface area (Å²) in [4.78, 5) is 58.9. The summed E-state index contributed by atoms with van der Waals surface area (Å²) in [5, 5.41) is 2.64. The minimum atomic E-state index is -0.899. The zero-order valence-corrected chi connectivity index (χ0v) is 31.8. The first-order valence-electron chi connectivity index (χ1n) is 18.9. The van der Waals surface area contributed by atoms with Crippen LogP contribution in [0.1, 0.15) is 75.9 Å². The number of amides is 3. The van der Waals surface area contributed by atoms with Gasteiger partial charge in [-0.1, -0.05) is 60.7 Å². The maximum atomic E-state index is 13.8. The average Bonchev–Trinajstić information content (AvgIpc) is 4.00. The minimum absolute atomic E-state index is 0.00678. The molecule has 0 spiro atoms. The molecule has 2 aromatic heterocycles. The van der Waals surface area contributed by atoms with Crippen LogP contribution in [0.4, 0.5) is 9.59 Å². The van der Waals surface area contributed by atoms with Crippen LogP contribution in [0.2, 0.25) is 0 Å². The van der Waals surface area contributed by atoms with Gasteiger partial charge in [0.1, 0.15) is 23.3 Å². The molecule has 2 saturated heterocycles. The van der Waals surface area contributed by atoms with E-state index in [1.807, 2.05) is 39.1 Å². The number of rotatable bonds is 5. The number of fused-ring (bicyclic) bond motifs is 4. The van der Waals surface area contributed by atoms with Gasteiger partial charge < -0.3 is 39.1 Å². The summed E-state index contributed by atoms with van der Waals surface area (Å²) < 4.78 is 22.1. The molecular formula is C41H49N7O7. The van der Waals surface area contributed by atoms with Gasteiger partial charge in [0.2, 0.25) is 5.91 Å². The topological polar surface area (TPSA) is 164 Å².